The third-order valence-electron chi connectivity index (χ3n) is 5.37. The fraction of sp³-hybridized carbons (Fsp3) is 0.500. The van der Waals surface area contributed by atoms with Crippen molar-refractivity contribution in [1.82, 2.24) is 4.90 Å². The van der Waals surface area contributed by atoms with Crippen LogP contribution in [0.1, 0.15) is 58.9 Å². The third-order valence-corrected chi connectivity index (χ3v) is 6.50. The molecule has 0 unspecified atom stereocenters. The van der Waals surface area contributed by atoms with Crippen molar-refractivity contribution in [2.24, 2.45) is 0 Å². The quantitative estimate of drug-likeness (QED) is 0.510. The number of methoxy groups -OCH3 is 1. The second kappa shape index (κ2) is 11.4. The number of esters is 1. The largest absolute Gasteiger partial charge is 0.490 e. The van der Waals surface area contributed by atoms with Crippen molar-refractivity contribution in [2.75, 3.05) is 45.3 Å². The van der Waals surface area contributed by atoms with E-state index in [1.807, 2.05) is 20.8 Å². The van der Waals surface area contributed by atoms with Gasteiger partial charge in [0.15, 0.2) is 11.5 Å². The molecular weight excluding hydrogens is 444 g/mol. The molecule has 1 aromatic heterocycles. The van der Waals surface area contributed by atoms with E-state index in [1.54, 1.807) is 12.1 Å². The molecule has 8 nitrogen and oxygen atoms in total. The fourth-order valence-corrected chi connectivity index (χ4v) is 5.10. The SMILES string of the molecule is CCOc1cc(C(=O)Nc2sc3c(c2C(=O)OC)CCN(CC)C3)cc(OCC)c1OCC. The van der Waals surface area contributed by atoms with Crippen LogP contribution in [0.5, 0.6) is 17.2 Å². The van der Waals surface area contributed by atoms with Gasteiger partial charge in [-0.15, -0.1) is 11.3 Å². The molecule has 9 heteroatoms. The second-order valence-corrected chi connectivity index (χ2v) is 8.48. The summed E-state index contributed by atoms with van der Waals surface area (Å²) in [6.07, 6.45) is 0.742. The maximum absolute atomic E-state index is 13.3. The average Bonchev–Trinajstić information content (AvgIpc) is 3.17. The van der Waals surface area contributed by atoms with E-state index in [1.165, 1.54) is 18.4 Å². The number of benzene rings is 1. The maximum Gasteiger partial charge on any atom is 0.341 e. The number of nitrogens with one attached hydrogen (secondary N) is 1. The highest BCUT2D eigenvalue weighted by atomic mass is 32.1. The van der Waals surface area contributed by atoms with Crippen LogP contribution < -0.4 is 19.5 Å². The van der Waals surface area contributed by atoms with E-state index < -0.39 is 5.97 Å². The molecule has 0 saturated heterocycles. The van der Waals surface area contributed by atoms with Gasteiger partial charge in [0, 0.05) is 23.5 Å². The topological polar surface area (TPSA) is 86.3 Å². The normalized spacial score (nSPS) is 13.2. The molecule has 0 spiro atoms. The minimum Gasteiger partial charge on any atom is -0.490 e. The van der Waals surface area contributed by atoms with E-state index in [0.29, 0.717) is 53.2 Å². The molecule has 3 rings (SSSR count). The zero-order valence-corrected chi connectivity index (χ0v) is 20.7. The van der Waals surface area contributed by atoms with Crippen LogP contribution in [0.4, 0.5) is 5.00 Å². The summed E-state index contributed by atoms with van der Waals surface area (Å²) in [5, 5.41) is 3.43. The molecule has 0 saturated carbocycles. The molecule has 1 amide bonds. The highest BCUT2D eigenvalue weighted by molar-refractivity contribution is 7.17. The number of fused-ring (bicyclic) bond motifs is 1. The number of hydrogen-bond donors (Lipinski definition) is 1. The number of rotatable bonds is 10. The zero-order valence-electron chi connectivity index (χ0n) is 19.9. The first kappa shape index (κ1) is 24.9. The van der Waals surface area contributed by atoms with Gasteiger partial charge in [0.25, 0.3) is 5.91 Å². The lowest BCUT2D eigenvalue weighted by Gasteiger charge is -2.25. The van der Waals surface area contributed by atoms with E-state index in [-0.39, 0.29) is 5.91 Å². The fourth-order valence-electron chi connectivity index (χ4n) is 3.83. The van der Waals surface area contributed by atoms with Gasteiger partial charge in [0.1, 0.15) is 5.00 Å². The summed E-state index contributed by atoms with van der Waals surface area (Å²) in [6, 6.07) is 3.27. The van der Waals surface area contributed by atoms with Crippen LogP contribution in [0.2, 0.25) is 0 Å². The Morgan fingerprint density at radius 2 is 1.67 bits per heavy atom. The van der Waals surface area contributed by atoms with Crippen molar-refractivity contribution in [3.63, 3.8) is 0 Å². The number of anilines is 1. The van der Waals surface area contributed by atoms with E-state index in [9.17, 15) is 9.59 Å². The van der Waals surface area contributed by atoms with E-state index in [0.717, 1.165) is 36.5 Å². The molecule has 180 valence electrons. The van der Waals surface area contributed by atoms with Gasteiger partial charge in [-0.25, -0.2) is 4.79 Å². The summed E-state index contributed by atoms with van der Waals surface area (Å²) in [6.45, 7) is 11.5. The molecule has 1 N–H and O–H groups in total. The molecule has 0 atom stereocenters. The molecule has 0 radical (unpaired) electrons. The molecule has 0 aliphatic carbocycles. The first-order chi connectivity index (χ1) is 16.0. The summed E-state index contributed by atoms with van der Waals surface area (Å²) >= 11 is 1.43. The molecular formula is C24H32N2O6S. The van der Waals surface area contributed by atoms with Gasteiger partial charge < -0.3 is 24.3 Å². The van der Waals surface area contributed by atoms with Gasteiger partial charge in [-0.3, -0.25) is 9.69 Å². The Morgan fingerprint density at radius 3 is 2.21 bits per heavy atom. The lowest BCUT2D eigenvalue weighted by atomic mass is 10.0. The number of nitrogens with zero attached hydrogens (tertiary/aromatic N) is 1. The van der Waals surface area contributed by atoms with Gasteiger partial charge in [-0.2, -0.15) is 0 Å². The number of likely N-dealkylation sites (N-methyl/N-ethyl adjacent to an activating group) is 1. The Bertz CT molecular complexity index is 976. The van der Waals surface area contributed by atoms with Crippen LogP contribution >= 0.6 is 11.3 Å². The molecule has 0 bridgehead atoms. The molecule has 1 aromatic carbocycles. The predicted octanol–water partition coefficient (Wildman–Crippen LogP) is 4.36. The van der Waals surface area contributed by atoms with Crippen molar-refractivity contribution in [3.8, 4) is 17.2 Å². The van der Waals surface area contributed by atoms with Gasteiger partial charge >= 0.3 is 5.97 Å². The van der Waals surface area contributed by atoms with Crippen molar-refractivity contribution in [2.45, 2.75) is 40.7 Å². The zero-order chi connectivity index (χ0) is 24.0. The van der Waals surface area contributed by atoms with E-state index >= 15 is 0 Å². The van der Waals surface area contributed by atoms with Crippen LogP contribution in [0.3, 0.4) is 0 Å². The highest BCUT2D eigenvalue weighted by Gasteiger charge is 2.29. The molecule has 33 heavy (non-hydrogen) atoms. The van der Waals surface area contributed by atoms with Crippen molar-refractivity contribution >= 4 is 28.2 Å². The third kappa shape index (κ3) is 5.42. The summed E-state index contributed by atoms with van der Waals surface area (Å²) in [5.41, 5.74) is 1.76. The monoisotopic (exact) mass is 476 g/mol. The first-order valence-corrected chi connectivity index (χ1v) is 12.1. The minimum absolute atomic E-state index is 0.350. The molecule has 1 aliphatic heterocycles. The smallest absolute Gasteiger partial charge is 0.341 e. The van der Waals surface area contributed by atoms with Crippen LogP contribution in [0, 0.1) is 0 Å². The standard InChI is InChI=1S/C24H32N2O6S/c1-6-26-11-10-16-19(14-26)33-23(20(16)24(28)29-5)25-22(27)15-12-17(30-7-2)21(32-9-4)18(13-15)31-8-3/h12-13H,6-11,14H2,1-5H3,(H,25,27). The molecule has 2 heterocycles. The Labute approximate surface area is 198 Å². The van der Waals surface area contributed by atoms with E-state index in [4.69, 9.17) is 18.9 Å². The molecule has 0 fully saturated rings. The van der Waals surface area contributed by atoms with Gasteiger partial charge in [0.2, 0.25) is 5.75 Å². The van der Waals surface area contributed by atoms with Crippen molar-refractivity contribution in [1.29, 1.82) is 0 Å². The Morgan fingerprint density at radius 1 is 1.03 bits per heavy atom. The predicted molar refractivity (Wildman–Crippen MR) is 128 cm³/mol. The van der Waals surface area contributed by atoms with E-state index in [2.05, 4.69) is 17.1 Å². The number of ether oxygens (including phenoxy) is 4. The van der Waals surface area contributed by atoms with Crippen LogP contribution in [0.15, 0.2) is 12.1 Å². The lowest BCUT2D eigenvalue weighted by molar-refractivity contribution is 0.0600. The van der Waals surface area contributed by atoms with Gasteiger partial charge in [-0.1, -0.05) is 6.92 Å². The number of thiophene rings is 1. The minimum atomic E-state index is -0.440. The van der Waals surface area contributed by atoms with Gasteiger partial charge in [-0.05, 0) is 51.4 Å². The Hall–Kier alpha value is -2.78. The Kier molecular flexibility index (Phi) is 8.57. The summed E-state index contributed by atoms with van der Waals surface area (Å²) < 4.78 is 22.2. The van der Waals surface area contributed by atoms with Crippen molar-refractivity contribution < 1.29 is 28.5 Å². The number of carbonyl (C=O) groups excluding carboxylic acids is 2. The second-order valence-electron chi connectivity index (χ2n) is 7.37. The van der Waals surface area contributed by atoms with Crippen LogP contribution in [-0.4, -0.2) is 56.8 Å². The highest BCUT2D eigenvalue weighted by Crippen LogP contribution is 2.41. The molecule has 1 aliphatic rings. The number of carbonyl (C=O) groups is 2. The lowest BCUT2D eigenvalue weighted by Crippen LogP contribution is -2.29. The average molecular weight is 477 g/mol. The van der Waals surface area contributed by atoms with Crippen molar-refractivity contribution in [3.05, 3.63) is 33.7 Å². The van der Waals surface area contributed by atoms with Crippen LogP contribution in [-0.2, 0) is 17.7 Å². The number of amides is 1. The maximum atomic E-state index is 13.3. The van der Waals surface area contributed by atoms with Crippen LogP contribution in [0.25, 0.3) is 0 Å². The summed E-state index contributed by atoms with van der Waals surface area (Å²) in [5.74, 6) is 0.542. The summed E-state index contributed by atoms with van der Waals surface area (Å²) in [4.78, 5) is 29.3. The number of hydrogen-bond acceptors (Lipinski definition) is 8. The Balaban J connectivity index is 1.98. The van der Waals surface area contributed by atoms with Gasteiger partial charge in [0.05, 0.1) is 32.5 Å². The molecule has 2 aromatic rings. The first-order valence-electron chi connectivity index (χ1n) is 11.3. The summed E-state index contributed by atoms with van der Waals surface area (Å²) in [7, 11) is 1.36.